The van der Waals surface area contributed by atoms with Crippen LogP contribution in [0.4, 0.5) is 0 Å². The number of rotatable bonds is 2. The fraction of sp³-hybridized carbons (Fsp3) is 0.444. The van der Waals surface area contributed by atoms with Crippen molar-refractivity contribution in [3.05, 3.63) is 21.9 Å². The van der Waals surface area contributed by atoms with Gasteiger partial charge in [-0.1, -0.05) is 29.8 Å². The van der Waals surface area contributed by atoms with Crippen LogP contribution in [0.3, 0.4) is 0 Å². The Labute approximate surface area is 85.2 Å². The van der Waals surface area contributed by atoms with Crippen molar-refractivity contribution >= 4 is 27.3 Å². The van der Waals surface area contributed by atoms with Crippen molar-refractivity contribution in [3.63, 3.8) is 0 Å². The van der Waals surface area contributed by atoms with E-state index in [1.54, 1.807) is 11.3 Å². The lowest BCUT2D eigenvalue weighted by Crippen LogP contribution is -2.16. The van der Waals surface area contributed by atoms with E-state index in [1.807, 2.05) is 11.4 Å². The smallest absolute Gasteiger partial charge is 0.100 e. The molecule has 0 aromatic carbocycles. The van der Waals surface area contributed by atoms with E-state index in [-0.39, 0.29) is 5.41 Å². The third-order valence-corrected chi connectivity index (χ3v) is 4.43. The van der Waals surface area contributed by atoms with Crippen LogP contribution in [0, 0.1) is 11.3 Å². The molecule has 0 aliphatic carbocycles. The summed E-state index contributed by atoms with van der Waals surface area (Å²) in [5, 5.41) is 11.5. The number of hydrogen-bond donors (Lipinski definition) is 0. The van der Waals surface area contributed by atoms with Crippen LogP contribution in [0.1, 0.15) is 24.3 Å². The molecule has 0 bridgehead atoms. The minimum atomic E-state index is 0.139. The van der Waals surface area contributed by atoms with Gasteiger partial charge in [0.2, 0.25) is 0 Å². The summed E-state index contributed by atoms with van der Waals surface area (Å²) >= 11 is 5.12. The molecule has 1 rings (SSSR count). The third kappa shape index (κ3) is 1.88. The maximum atomic E-state index is 8.63. The van der Waals surface area contributed by atoms with Gasteiger partial charge in [-0.15, -0.1) is 11.3 Å². The summed E-state index contributed by atoms with van der Waals surface area (Å²) in [5.41, 5.74) is 0.906. The van der Waals surface area contributed by atoms with E-state index in [0.29, 0.717) is 0 Å². The van der Waals surface area contributed by atoms with Crippen LogP contribution >= 0.6 is 27.3 Å². The molecule has 64 valence electrons. The van der Waals surface area contributed by atoms with Gasteiger partial charge in [0.1, 0.15) is 6.07 Å². The maximum absolute atomic E-state index is 8.63. The van der Waals surface area contributed by atoms with E-state index in [1.165, 1.54) is 4.88 Å². The molecule has 0 atom stereocenters. The molecule has 12 heavy (non-hydrogen) atoms. The van der Waals surface area contributed by atoms with Gasteiger partial charge >= 0.3 is 0 Å². The van der Waals surface area contributed by atoms with Crippen molar-refractivity contribution in [2.24, 2.45) is 0 Å². The summed E-state index contributed by atoms with van der Waals surface area (Å²) in [6.07, 6.45) is 0. The molecule has 0 radical (unpaired) electrons. The second-order valence-corrected chi connectivity index (χ2v) is 4.80. The molecule has 0 spiro atoms. The van der Waals surface area contributed by atoms with Crippen molar-refractivity contribution in [1.82, 2.24) is 0 Å². The van der Waals surface area contributed by atoms with Gasteiger partial charge in [-0.2, -0.15) is 5.26 Å². The highest BCUT2D eigenvalue weighted by atomic mass is 79.9. The zero-order valence-corrected chi connectivity index (χ0v) is 9.50. The molecule has 3 heteroatoms. The lowest BCUT2D eigenvalue weighted by atomic mass is 9.94. The first kappa shape index (κ1) is 9.76. The third-order valence-electron chi connectivity index (χ3n) is 1.73. The lowest BCUT2D eigenvalue weighted by molar-refractivity contribution is 0.621. The Morgan fingerprint density at radius 2 is 2.33 bits per heavy atom. The summed E-state index contributed by atoms with van der Waals surface area (Å²) in [4.78, 5) is 1.26. The highest BCUT2D eigenvalue weighted by Crippen LogP contribution is 2.30. The van der Waals surface area contributed by atoms with Crippen molar-refractivity contribution in [2.45, 2.75) is 19.3 Å². The van der Waals surface area contributed by atoms with Gasteiger partial charge in [0, 0.05) is 21.0 Å². The first-order valence-electron chi connectivity index (χ1n) is 3.65. The standard InChI is InChI=1S/C9H10BrNS/c1-9(2,6-10)8-3-7(4-11)5-12-8/h3,5H,6H2,1-2H3. The van der Waals surface area contributed by atoms with E-state index in [0.717, 1.165) is 10.9 Å². The summed E-state index contributed by atoms with van der Waals surface area (Å²) < 4.78 is 0. The Morgan fingerprint density at radius 3 is 2.75 bits per heavy atom. The molecule has 1 aromatic heterocycles. The Kier molecular flexibility index (Phi) is 2.92. The Hall–Kier alpha value is -0.330. The van der Waals surface area contributed by atoms with Crippen LogP contribution in [-0.2, 0) is 5.41 Å². The highest BCUT2D eigenvalue weighted by Gasteiger charge is 2.20. The van der Waals surface area contributed by atoms with Gasteiger partial charge in [-0.05, 0) is 6.07 Å². The molecule has 0 fully saturated rings. The Balaban J connectivity index is 2.98. The SMILES string of the molecule is CC(C)(CBr)c1cc(C#N)cs1. The Morgan fingerprint density at radius 1 is 1.67 bits per heavy atom. The van der Waals surface area contributed by atoms with E-state index >= 15 is 0 Å². The predicted molar refractivity (Wildman–Crippen MR) is 55.9 cm³/mol. The van der Waals surface area contributed by atoms with Crippen LogP contribution in [-0.4, -0.2) is 5.33 Å². The van der Waals surface area contributed by atoms with Crippen molar-refractivity contribution < 1.29 is 0 Å². The van der Waals surface area contributed by atoms with Gasteiger partial charge in [0.15, 0.2) is 0 Å². The normalized spacial score (nSPS) is 11.2. The largest absolute Gasteiger partial charge is 0.192 e. The fourth-order valence-electron chi connectivity index (χ4n) is 0.816. The van der Waals surface area contributed by atoms with Crippen LogP contribution in [0.2, 0.25) is 0 Å². The van der Waals surface area contributed by atoms with Gasteiger partial charge in [0.05, 0.1) is 5.56 Å². The number of alkyl halides is 1. The predicted octanol–water partition coefficient (Wildman–Crippen LogP) is 3.29. The van der Waals surface area contributed by atoms with E-state index in [9.17, 15) is 0 Å². The zero-order chi connectivity index (χ0) is 9.19. The van der Waals surface area contributed by atoms with Crippen molar-refractivity contribution in [1.29, 1.82) is 5.26 Å². The molecule has 0 saturated heterocycles. The number of hydrogen-bond acceptors (Lipinski definition) is 2. The minimum absolute atomic E-state index is 0.139. The molecule has 1 heterocycles. The number of halogens is 1. The number of thiophene rings is 1. The molecule has 0 unspecified atom stereocenters. The first-order chi connectivity index (χ1) is 5.60. The average molecular weight is 244 g/mol. The zero-order valence-electron chi connectivity index (χ0n) is 7.10. The molecule has 0 amide bonds. The molecule has 0 N–H and O–H groups in total. The van der Waals surface area contributed by atoms with Gasteiger partial charge in [-0.25, -0.2) is 0 Å². The summed E-state index contributed by atoms with van der Waals surface area (Å²) in [7, 11) is 0. The molecular weight excluding hydrogens is 234 g/mol. The molecule has 1 aromatic rings. The average Bonchev–Trinajstić information content (AvgIpc) is 2.52. The maximum Gasteiger partial charge on any atom is 0.100 e. The van der Waals surface area contributed by atoms with E-state index < -0.39 is 0 Å². The summed E-state index contributed by atoms with van der Waals surface area (Å²) in [5.74, 6) is 0. The number of nitriles is 1. The topological polar surface area (TPSA) is 23.8 Å². The molecule has 1 nitrogen and oxygen atoms in total. The number of nitrogens with zero attached hydrogens (tertiary/aromatic N) is 1. The van der Waals surface area contributed by atoms with Crippen LogP contribution in [0.5, 0.6) is 0 Å². The fourth-order valence-corrected chi connectivity index (χ4v) is 2.26. The quantitative estimate of drug-likeness (QED) is 0.732. The van der Waals surface area contributed by atoms with Crippen LogP contribution < -0.4 is 0 Å². The highest BCUT2D eigenvalue weighted by molar-refractivity contribution is 9.09. The van der Waals surface area contributed by atoms with Gasteiger partial charge in [0.25, 0.3) is 0 Å². The van der Waals surface area contributed by atoms with Crippen LogP contribution in [0.15, 0.2) is 11.4 Å². The molecule has 0 saturated carbocycles. The van der Waals surface area contributed by atoms with Gasteiger partial charge < -0.3 is 0 Å². The van der Waals surface area contributed by atoms with E-state index in [2.05, 4.69) is 35.8 Å². The first-order valence-corrected chi connectivity index (χ1v) is 5.65. The molecular formula is C9H10BrNS. The molecule has 0 aliphatic rings. The molecule has 0 aliphatic heterocycles. The minimum Gasteiger partial charge on any atom is -0.192 e. The van der Waals surface area contributed by atoms with Crippen molar-refractivity contribution in [3.8, 4) is 6.07 Å². The monoisotopic (exact) mass is 243 g/mol. The Bertz CT molecular complexity index is 309. The second-order valence-electron chi connectivity index (χ2n) is 3.33. The van der Waals surface area contributed by atoms with Gasteiger partial charge in [-0.3, -0.25) is 0 Å². The van der Waals surface area contributed by atoms with E-state index in [4.69, 9.17) is 5.26 Å². The summed E-state index contributed by atoms with van der Waals surface area (Å²) in [6, 6.07) is 4.10. The lowest BCUT2D eigenvalue weighted by Gasteiger charge is -2.18. The van der Waals surface area contributed by atoms with Crippen LogP contribution in [0.25, 0.3) is 0 Å². The second kappa shape index (κ2) is 3.59. The summed E-state index contributed by atoms with van der Waals surface area (Å²) in [6.45, 7) is 4.32. The van der Waals surface area contributed by atoms with Crippen molar-refractivity contribution in [2.75, 3.05) is 5.33 Å².